The Morgan fingerprint density at radius 2 is 1.64 bits per heavy atom. The zero-order valence-electron chi connectivity index (χ0n) is 15.8. The van der Waals surface area contributed by atoms with E-state index in [0.717, 1.165) is 29.9 Å². The molecule has 4 aliphatic carbocycles. The van der Waals surface area contributed by atoms with E-state index in [9.17, 15) is 9.18 Å². The van der Waals surface area contributed by atoms with E-state index in [1.165, 1.54) is 25.3 Å². The van der Waals surface area contributed by atoms with E-state index in [0.29, 0.717) is 36.5 Å². The molecule has 4 saturated carbocycles. The molecule has 28 heavy (non-hydrogen) atoms. The lowest BCUT2D eigenvalue weighted by Crippen LogP contribution is -2.53. The van der Waals surface area contributed by atoms with E-state index in [2.05, 4.69) is 31.9 Å². The molecule has 0 atom stereocenters. The Morgan fingerprint density at radius 1 is 1.07 bits per heavy atom. The first-order valence-corrected chi connectivity index (χ1v) is 12.3. The van der Waals surface area contributed by atoms with Crippen LogP contribution in [0.5, 0.6) is 5.75 Å². The SMILES string of the molecule is O=C(Oc1ccc(N(CCBr)CCBr)c(F)c1)OC12CC3CC(CC(C3)C1)C2. The number of carbonyl (C=O) groups is 1. The summed E-state index contributed by atoms with van der Waals surface area (Å²) in [6.45, 7) is 1.38. The first kappa shape index (κ1) is 20.5. The summed E-state index contributed by atoms with van der Waals surface area (Å²) in [6.07, 6.45) is 6.00. The average molecular weight is 519 g/mol. The van der Waals surface area contributed by atoms with Crippen molar-refractivity contribution in [3.8, 4) is 5.75 Å². The molecule has 0 N–H and O–H groups in total. The van der Waals surface area contributed by atoms with Crippen molar-refractivity contribution in [3.05, 3.63) is 24.0 Å². The van der Waals surface area contributed by atoms with Gasteiger partial charge in [-0.05, 0) is 68.4 Å². The Bertz CT molecular complexity index is 688. The summed E-state index contributed by atoms with van der Waals surface area (Å²) in [5.41, 5.74) is 0.146. The van der Waals surface area contributed by atoms with Crippen molar-refractivity contribution < 1.29 is 18.7 Å². The van der Waals surface area contributed by atoms with Gasteiger partial charge in [-0.15, -0.1) is 0 Å². The maximum absolute atomic E-state index is 14.6. The van der Waals surface area contributed by atoms with E-state index in [1.54, 1.807) is 12.1 Å². The second-order valence-electron chi connectivity index (χ2n) is 8.53. The highest BCUT2D eigenvalue weighted by atomic mass is 79.9. The van der Waals surface area contributed by atoms with Crippen molar-refractivity contribution >= 4 is 43.7 Å². The molecule has 4 nitrogen and oxygen atoms in total. The molecule has 0 aromatic heterocycles. The molecule has 0 heterocycles. The number of benzene rings is 1. The molecule has 0 unspecified atom stereocenters. The summed E-state index contributed by atoms with van der Waals surface area (Å²) in [5, 5.41) is 1.49. The molecule has 0 saturated heterocycles. The maximum Gasteiger partial charge on any atom is 0.514 e. The zero-order valence-corrected chi connectivity index (χ0v) is 19.0. The molecule has 0 spiro atoms. The van der Waals surface area contributed by atoms with Crippen molar-refractivity contribution in [1.29, 1.82) is 0 Å². The van der Waals surface area contributed by atoms with Gasteiger partial charge in [0.2, 0.25) is 0 Å². The minimum Gasteiger partial charge on any atom is -0.427 e. The predicted octanol–water partition coefficient (Wildman–Crippen LogP) is 5.91. The Kier molecular flexibility index (Phi) is 6.21. The van der Waals surface area contributed by atoms with Crippen LogP contribution < -0.4 is 9.64 Å². The van der Waals surface area contributed by atoms with Crippen LogP contribution in [0.25, 0.3) is 0 Å². The second-order valence-corrected chi connectivity index (χ2v) is 10.1. The number of rotatable bonds is 7. The number of anilines is 1. The Balaban J connectivity index is 1.40. The molecule has 4 fully saturated rings. The van der Waals surface area contributed by atoms with Crippen LogP contribution in [0.1, 0.15) is 38.5 Å². The van der Waals surface area contributed by atoms with Crippen LogP contribution in [-0.2, 0) is 4.74 Å². The van der Waals surface area contributed by atoms with E-state index < -0.39 is 12.0 Å². The van der Waals surface area contributed by atoms with Crippen molar-refractivity contribution in [2.75, 3.05) is 28.6 Å². The van der Waals surface area contributed by atoms with Crippen LogP contribution in [-0.4, -0.2) is 35.5 Å². The van der Waals surface area contributed by atoms with Crippen molar-refractivity contribution in [1.82, 2.24) is 0 Å². The number of nitrogens with zero attached hydrogens (tertiary/aromatic N) is 1. The van der Waals surface area contributed by atoms with Gasteiger partial charge in [0.1, 0.15) is 17.2 Å². The van der Waals surface area contributed by atoms with E-state index >= 15 is 0 Å². The molecule has 4 bridgehead atoms. The Labute approximate surface area is 182 Å². The molecule has 0 amide bonds. The van der Waals surface area contributed by atoms with Gasteiger partial charge in [-0.2, -0.15) is 0 Å². The molecule has 154 valence electrons. The van der Waals surface area contributed by atoms with Crippen molar-refractivity contribution in [2.45, 2.75) is 44.1 Å². The van der Waals surface area contributed by atoms with Gasteiger partial charge in [0.15, 0.2) is 0 Å². The number of hydrogen-bond donors (Lipinski definition) is 0. The van der Waals surface area contributed by atoms with Crippen LogP contribution in [0.3, 0.4) is 0 Å². The maximum atomic E-state index is 14.6. The summed E-state index contributed by atoms with van der Waals surface area (Å²) >= 11 is 6.80. The highest BCUT2D eigenvalue weighted by molar-refractivity contribution is 9.09. The van der Waals surface area contributed by atoms with E-state index in [4.69, 9.17) is 9.47 Å². The first-order valence-electron chi connectivity index (χ1n) is 10.1. The summed E-state index contributed by atoms with van der Waals surface area (Å²) in [4.78, 5) is 14.4. The van der Waals surface area contributed by atoms with Crippen LogP contribution in [0.4, 0.5) is 14.9 Å². The summed E-state index contributed by atoms with van der Waals surface area (Å²) < 4.78 is 25.8. The largest absolute Gasteiger partial charge is 0.514 e. The molecule has 0 aliphatic heterocycles. The first-order chi connectivity index (χ1) is 13.5. The van der Waals surface area contributed by atoms with E-state index in [-0.39, 0.29) is 11.4 Å². The van der Waals surface area contributed by atoms with Crippen molar-refractivity contribution in [3.63, 3.8) is 0 Å². The molecular weight excluding hydrogens is 493 g/mol. The topological polar surface area (TPSA) is 38.8 Å². The minimum atomic E-state index is -0.702. The minimum absolute atomic E-state index is 0.189. The molecule has 1 aromatic carbocycles. The van der Waals surface area contributed by atoms with Gasteiger partial charge in [-0.3, -0.25) is 0 Å². The third-order valence-electron chi connectivity index (χ3n) is 6.45. The van der Waals surface area contributed by atoms with Gasteiger partial charge in [-0.25, -0.2) is 9.18 Å². The highest BCUT2D eigenvalue weighted by Crippen LogP contribution is 2.57. The fourth-order valence-corrected chi connectivity index (χ4v) is 6.67. The number of alkyl halides is 2. The lowest BCUT2D eigenvalue weighted by atomic mass is 9.54. The lowest BCUT2D eigenvalue weighted by Gasteiger charge is -2.55. The summed E-state index contributed by atoms with van der Waals surface area (Å²) in [7, 11) is 0. The Hall–Kier alpha value is -0.820. The molecule has 1 aromatic rings. The number of carbonyl (C=O) groups excluding carboxylic acids is 1. The quantitative estimate of drug-likeness (QED) is 0.255. The number of halogens is 3. The standard InChI is InChI=1S/C21H26Br2FNO3/c22-3-5-25(6-4-23)19-2-1-17(10-18(19)24)27-20(26)28-21-11-14-7-15(12-21)9-16(8-14)13-21/h1-2,10,14-16H,3-9,11-13H2. The fraction of sp³-hybridized carbons (Fsp3) is 0.667. The fourth-order valence-electron chi connectivity index (χ4n) is 5.81. The Morgan fingerprint density at radius 3 is 2.14 bits per heavy atom. The molecule has 7 heteroatoms. The van der Waals surface area contributed by atoms with Gasteiger partial charge in [-0.1, -0.05) is 31.9 Å². The monoisotopic (exact) mass is 517 g/mol. The van der Waals surface area contributed by atoms with Gasteiger partial charge in [0, 0.05) is 29.8 Å². The number of hydrogen-bond acceptors (Lipinski definition) is 4. The average Bonchev–Trinajstić information content (AvgIpc) is 2.60. The zero-order chi connectivity index (χ0) is 19.7. The van der Waals surface area contributed by atoms with Gasteiger partial charge < -0.3 is 14.4 Å². The van der Waals surface area contributed by atoms with E-state index in [1.807, 2.05) is 4.90 Å². The summed E-state index contributed by atoms with van der Waals surface area (Å²) in [6, 6.07) is 4.56. The number of ether oxygens (including phenoxy) is 2. The lowest BCUT2D eigenvalue weighted by molar-refractivity contribution is -0.135. The second kappa shape index (κ2) is 8.50. The van der Waals surface area contributed by atoms with Crippen LogP contribution >= 0.6 is 31.9 Å². The third kappa shape index (κ3) is 4.35. The van der Waals surface area contributed by atoms with Gasteiger partial charge in [0.25, 0.3) is 0 Å². The van der Waals surface area contributed by atoms with Gasteiger partial charge in [0.05, 0.1) is 5.69 Å². The van der Waals surface area contributed by atoms with Crippen molar-refractivity contribution in [2.24, 2.45) is 17.8 Å². The molecule has 4 aliphatic rings. The smallest absolute Gasteiger partial charge is 0.427 e. The molecule has 5 rings (SSSR count). The third-order valence-corrected chi connectivity index (χ3v) is 7.16. The predicted molar refractivity (Wildman–Crippen MR) is 114 cm³/mol. The molecular formula is C21H26Br2FNO3. The van der Waals surface area contributed by atoms with Crippen LogP contribution in [0.15, 0.2) is 18.2 Å². The molecule has 0 radical (unpaired) electrons. The van der Waals surface area contributed by atoms with Crippen LogP contribution in [0, 0.1) is 23.6 Å². The van der Waals surface area contributed by atoms with Crippen LogP contribution in [0.2, 0.25) is 0 Å². The highest BCUT2D eigenvalue weighted by Gasteiger charge is 2.53. The summed E-state index contributed by atoms with van der Waals surface area (Å²) in [5.74, 6) is 1.84. The van der Waals surface area contributed by atoms with Gasteiger partial charge >= 0.3 is 6.16 Å². The normalized spacial score (nSPS) is 30.3.